The average molecular weight is 264 g/mol. The van der Waals surface area contributed by atoms with Crippen molar-refractivity contribution >= 4 is 17.5 Å². The summed E-state index contributed by atoms with van der Waals surface area (Å²) in [4.78, 5) is 11.7. The first kappa shape index (κ1) is 12.7. The predicted molar refractivity (Wildman–Crippen MR) is 71.8 cm³/mol. The normalized spacial score (nSPS) is 10.3. The number of halogens is 1. The first-order valence-corrected chi connectivity index (χ1v) is 6.23. The van der Waals surface area contributed by atoms with E-state index in [1.165, 1.54) is 0 Å². The summed E-state index contributed by atoms with van der Waals surface area (Å²) in [5.74, 6) is 0.704. The minimum absolute atomic E-state index is 0.199. The van der Waals surface area contributed by atoms with E-state index in [1.807, 2.05) is 25.1 Å². The number of furan rings is 1. The summed E-state index contributed by atoms with van der Waals surface area (Å²) >= 11 is 6.07. The Bertz CT molecular complexity index is 548. The highest BCUT2D eigenvalue weighted by Crippen LogP contribution is 2.28. The van der Waals surface area contributed by atoms with Crippen molar-refractivity contribution < 1.29 is 9.21 Å². The molecule has 18 heavy (non-hydrogen) atoms. The number of hydrogen-bond acceptors (Lipinski definition) is 2. The molecule has 0 radical (unpaired) electrons. The summed E-state index contributed by atoms with van der Waals surface area (Å²) in [6.07, 6.45) is 0.893. The molecule has 2 aromatic rings. The monoisotopic (exact) mass is 263 g/mol. The van der Waals surface area contributed by atoms with Crippen LogP contribution in [0, 0.1) is 0 Å². The van der Waals surface area contributed by atoms with Crippen LogP contribution in [0.4, 0.5) is 0 Å². The van der Waals surface area contributed by atoms with Crippen LogP contribution in [0.1, 0.15) is 23.9 Å². The summed E-state index contributed by atoms with van der Waals surface area (Å²) in [5.41, 5.74) is 0.786. The Morgan fingerprint density at radius 3 is 2.78 bits per heavy atom. The maximum Gasteiger partial charge on any atom is 0.287 e. The number of carbonyl (C=O) groups is 1. The van der Waals surface area contributed by atoms with E-state index in [1.54, 1.807) is 18.2 Å². The number of benzene rings is 1. The summed E-state index contributed by atoms with van der Waals surface area (Å²) in [6.45, 7) is 2.64. The summed E-state index contributed by atoms with van der Waals surface area (Å²) in [7, 11) is 0. The van der Waals surface area contributed by atoms with Gasteiger partial charge >= 0.3 is 0 Å². The van der Waals surface area contributed by atoms with Crippen LogP contribution in [0.2, 0.25) is 5.02 Å². The Labute approximate surface area is 111 Å². The Morgan fingerprint density at radius 2 is 2.06 bits per heavy atom. The number of rotatable bonds is 4. The van der Waals surface area contributed by atoms with Gasteiger partial charge in [0.05, 0.1) is 5.02 Å². The number of carbonyl (C=O) groups excluding carboxylic acids is 1. The fraction of sp³-hybridized carbons (Fsp3) is 0.214. The Kier molecular flexibility index (Phi) is 4.05. The van der Waals surface area contributed by atoms with Gasteiger partial charge in [-0.15, -0.1) is 0 Å². The van der Waals surface area contributed by atoms with Crippen LogP contribution in [0.25, 0.3) is 11.3 Å². The molecule has 1 N–H and O–H groups in total. The van der Waals surface area contributed by atoms with Gasteiger partial charge in [-0.05, 0) is 30.7 Å². The van der Waals surface area contributed by atoms with Crippen LogP contribution in [0.3, 0.4) is 0 Å². The van der Waals surface area contributed by atoms with E-state index < -0.39 is 0 Å². The van der Waals surface area contributed by atoms with Gasteiger partial charge in [-0.2, -0.15) is 0 Å². The van der Waals surface area contributed by atoms with Crippen LogP contribution in [-0.2, 0) is 0 Å². The molecule has 1 aromatic heterocycles. The molecule has 0 aliphatic carbocycles. The topological polar surface area (TPSA) is 42.2 Å². The fourth-order valence-electron chi connectivity index (χ4n) is 1.59. The van der Waals surface area contributed by atoms with E-state index in [4.69, 9.17) is 16.0 Å². The highest BCUT2D eigenvalue weighted by atomic mass is 35.5. The zero-order chi connectivity index (χ0) is 13.0. The lowest BCUT2D eigenvalue weighted by molar-refractivity contribution is 0.0927. The van der Waals surface area contributed by atoms with Crippen molar-refractivity contribution in [1.82, 2.24) is 5.32 Å². The van der Waals surface area contributed by atoms with E-state index >= 15 is 0 Å². The molecule has 2 rings (SSSR count). The lowest BCUT2D eigenvalue weighted by Crippen LogP contribution is -2.23. The van der Waals surface area contributed by atoms with E-state index in [0.717, 1.165) is 12.0 Å². The van der Waals surface area contributed by atoms with Gasteiger partial charge in [-0.1, -0.05) is 30.7 Å². The van der Waals surface area contributed by atoms with Crippen LogP contribution in [0.15, 0.2) is 40.8 Å². The van der Waals surface area contributed by atoms with Gasteiger partial charge in [0.1, 0.15) is 5.76 Å². The zero-order valence-corrected chi connectivity index (χ0v) is 10.8. The van der Waals surface area contributed by atoms with E-state index in [9.17, 15) is 4.79 Å². The van der Waals surface area contributed by atoms with Crippen LogP contribution in [-0.4, -0.2) is 12.5 Å². The second-order valence-electron chi connectivity index (χ2n) is 3.90. The van der Waals surface area contributed by atoms with Gasteiger partial charge in [0, 0.05) is 12.1 Å². The van der Waals surface area contributed by atoms with Crippen LogP contribution in [0.5, 0.6) is 0 Å². The third kappa shape index (κ3) is 2.74. The van der Waals surface area contributed by atoms with Crippen molar-refractivity contribution in [1.29, 1.82) is 0 Å². The van der Waals surface area contributed by atoms with Crippen molar-refractivity contribution in [3.8, 4) is 11.3 Å². The summed E-state index contributed by atoms with van der Waals surface area (Å²) < 4.78 is 5.51. The van der Waals surface area contributed by atoms with Gasteiger partial charge in [0.25, 0.3) is 5.91 Å². The fourth-order valence-corrected chi connectivity index (χ4v) is 1.82. The van der Waals surface area contributed by atoms with Crippen molar-refractivity contribution in [3.63, 3.8) is 0 Å². The molecule has 0 unspecified atom stereocenters. The molecule has 1 aromatic carbocycles. The molecular weight excluding hydrogens is 250 g/mol. The second kappa shape index (κ2) is 5.74. The highest BCUT2D eigenvalue weighted by molar-refractivity contribution is 6.33. The van der Waals surface area contributed by atoms with E-state index in [0.29, 0.717) is 23.1 Å². The molecule has 0 spiro atoms. The minimum Gasteiger partial charge on any atom is -0.451 e. The maximum absolute atomic E-state index is 11.7. The minimum atomic E-state index is -0.199. The number of amides is 1. The number of nitrogens with one attached hydrogen (secondary N) is 1. The lowest BCUT2D eigenvalue weighted by Gasteiger charge is -2.01. The molecule has 1 heterocycles. The van der Waals surface area contributed by atoms with Gasteiger partial charge in [0.15, 0.2) is 5.76 Å². The molecule has 0 fully saturated rings. The highest BCUT2D eigenvalue weighted by Gasteiger charge is 2.12. The van der Waals surface area contributed by atoms with Gasteiger partial charge < -0.3 is 9.73 Å². The Morgan fingerprint density at radius 1 is 1.28 bits per heavy atom. The molecule has 3 nitrogen and oxygen atoms in total. The van der Waals surface area contributed by atoms with Crippen molar-refractivity contribution in [2.75, 3.05) is 6.54 Å². The number of hydrogen-bond donors (Lipinski definition) is 1. The maximum atomic E-state index is 11.7. The molecular formula is C14H14ClNO2. The van der Waals surface area contributed by atoms with E-state index in [2.05, 4.69) is 5.32 Å². The van der Waals surface area contributed by atoms with Crippen molar-refractivity contribution in [2.45, 2.75) is 13.3 Å². The third-order valence-corrected chi connectivity index (χ3v) is 2.83. The molecule has 0 bridgehead atoms. The molecule has 0 aliphatic rings. The van der Waals surface area contributed by atoms with Crippen LogP contribution < -0.4 is 5.32 Å². The lowest BCUT2D eigenvalue weighted by atomic mass is 10.2. The third-order valence-electron chi connectivity index (χ3n) is 2.50. The molecule has 0 atom stereocenters. The van der Waals surface area contributed by atoms with Gasteiger partial charge in [-0.3, -0.25) is 4.79 Å². The largest absolute Gasteiger partial charge is 0.451 e. The standard InChI is InChI=1S/C14H14ClNO2/c1-2-9-16-14(17)13-8-7-12(18-13)10-5-3-4-6-11(10)15/h3-8H,2,9H2,1H3,(H,16,17). The van der Waals surface area contributed by atoms with Crippen molar-refractivity contribution in [2.24, 2.45) is 0 Å². The molecule has 0 saturated heterocycles. The SMILES string of the molecule is CCCNC(=O)c1ccc(-c2ccccc2Cl)o1. The Hall–Kier alpha value is -1.74. The quantitative estimate of drug-likeness (QED) is 0.913. The summed E-state index contributed by atoms with van der Waals surface area (Å²) in [6, 6.07) is 10.8. The first-order chi connectivity index (χ1) is 8.72. The van der Waals surface area contributed by atoms with Crippen LogP contribution >= 0.6 is 11.6 Å². The first-order valence-electron chi connectivity index (χ1n) is 5.85. The Balaban J connectivity index is 2.21. The summed E-state index contributed by atoms with van der Waals surface area (Å²) in [5, 5.41) is 3.37. The molecule has 1 amide bonds. The van der Waals surface area contributed by atoms with Crippen molar-refractivity contribution in [3.05, 3.63) is 47.2 Å². The van der Waals surface area contributed by atoms with E-state index in [-0.39, 0.29) is 5.91 Å². The predicted octanol–water partition coefficient (Wildman–Crippen LogP) is 3.74. The second-order valence-corrected chi connectivity index (χ2v) is 4.31. The molecule has 4 heteroatoms. The molecule has 0 saturated carbocycles. The van der Waals surface area contributed by atoms with Gasteiger partial charge in [-0.25, -0.2) is 0 Å². The zero-order valence-electron chi connectivity index (χ0n) is 10.1. The van der Waals surface area contributed by atoms with Gasteiger partial charge in [0.2, 0.25) is 0 Å². The average Bonchev–Trinajstić information content (AvgIpc) is 2.86. The smallest absolute Gasteiger partial charge is 0.287 e. The molecule has 0 aliphatic heterocycles. The molecule has 94 valence electrons.